The Morgan fingerprint density at radius 2 is 1.85 bits per heavy atom. The van der Waals surface area contributed by atoms with E-state index < -0.39 is 4.92 Å². The first-order chi connectivity index (χ1) is 12.9. The van der Waals surface area contributed by atoms with Crippen molar-refractivity contribution in [1.82, 2.24) is 19.6 Å². The Kier molecular flexibility index (Phi) is 5.55. The number of likely N-dealkylation sites (N-methyl/N-ethyl adjacent to an activating group) is 1. The molecule has 1 aromatic carbocycles. The molecule has 0 aliphatic carbocycles. The monoisotopic (exact) mass is 371 g/mol. The molecule has 1 amide bonds. The summed E-state index contributed by atoms with van der Waals surface area (Å²) in [6.45, 7) is 7.20. The highest BCUT2D eigenvalue weighted by Crippen LogP contribution is 2.22. The average molecular weight is 371 g/mol. The third-order valence-electron chi connectivity index (χ3n) is 5.07. The lowest BCUT2D eigenvalue weighted by Gasteiger charge is -2.20. The van der Waals surface area contributed by atoms with Crippen LogP contribution in [-0.4, -0.2) is 63.6 Å². The molecule has 27 heavy (non-hydrogen) atoms. The Labute approximate surface area is 158 Å². The van der Waals surface area contributed by atoms with Gasteiger partial charge in [-0.3, -0.25) is 19.6 Å². The van der Waals surface area contributed by atoms with Crippen molar-refractivity contribution >= 4 is 11.6 Å². The number of aryl methyl sites for hydroxylation is 1. The number of nitro groups is 1. The van der Waals surface area contributed by atoms with Crippen molar-refractivity contribution in [3.05, 3.63) is 56.9 Å². The predicted octanol–water partition coefficient (Wildman–Crippen LogP) is 2.23. The van der Waals surface area contributed by atoms with Gasteiger partial charge in [-0.05, 0) is 51.6 Å². The van der Waals surface area contributed by atoms with Gasteiger partial charge in [-0.15, -0.1) is 0 Å². The van der Waals surface area contributed by atoms with E-state index in [4.69, 9.17) is 0 Å². The predicted molar refractivity (Wildman–Crippen MR) is 102 cm³/mol. The van der Waals surface area contributed by atoms with Crippen LogP contribution in [0.4, 0.5) is 5.69 Å². The van der Waals surface area contributed by atoms with Crippen molar-refractivity contribution < 1.29 is 9.72 Å². The van der Waals surface area contributed by atoms with Crippen molar-refractivity contribution in [2.24, 2.45) is 0 Å². The Morgan fingerprint density at radius 1 is 1.15 bits per heavy atom. The van der Waals surface area contributed by atoms with Gasteiger partial charge >= 0.3 is 5.69 Å². The van der Waals surface area contributed by atoms with Crippen molar-refractivity contribution in [3.8, 4) is 0 Å². The highest BCUT2D eigenvalue weighted by Gasteiger charge is 2.22. The third-order valence-corrected chi connectivity index (χ3v) is 5.07. The molecule has 144 valence electrons. The standard InChI is InChI=1S/C19H25N5O3/c1-14-18(24(26)27)15(2)23(20-14)13-16-5-7-17(8-6-16)19(25)22-10-4-9-21(3)11-12-22/h5-8H,4,9-13H2,1-3H3. The van der Waals surface area contributed by atoms with E-state index >= 15 is 0 Å². The minimum atomic E-state index is -0.394. The summed E-state index contributed by atoms with van der Waals surface area (Å²) in [5.41, 5.74) is 2.62. The first kappa shape index (κ1) is 19.0. The van der Waals surface area contributed by atoms with Crippen molar-refractivity contribution in [2.45, 2.75) is 26.8 Å². The molecule has 1 fully saturated rings. The third kappa shape index (κ3) is 4.16. The molecule has 3 rings (SSSR count). The second-order valence-corrected chi connectivity index (χ2v) is 7.08. The average Bonchev–Trinajstić information content (AvgIpc) is 2.78. The molecule has 8 heteroatoms. The van der Waals surface area contributed by atoms with Crippen LogP contribution < -0.4 is 0 Å². The fourth-order valence-electron chi connectivity index (χ4n) is 3.46. The van der Waals surface area contributed by atoms with Gasteiger partial charge in [0, 0.05) is 25.2 Å². The van der Waals surface area contributed by atoms with E-state index in [1.165, 1.54) is 0 Å². The summed E-state index contributed by atoms with van der Waals surface area (Å²) in [6, 6.07) is 7.43. The highest BCUT2D eigenvalue weighted by atomic mass is 16.6. The van der Waals surface area contributed by atoms with Crippen molar-refractivity contribution in [3.63, 3.8) is 0 Å². The van der Waals surface area contributed by atoms with E-state index in [0.29, 0.717) is 23.5 Å². The second-order valence-electron chi connectivity index (χ2n) is 7.08. The van der Waals surface area contributed by atoms with Gasteiger partial charge in [0.1, 0.15) is 11.4 Å². The molecule has 1 aliphatic heterocycles. The van der Waals surface area contributed by atoms with Gasteiger partial charge in [0.15, 0.2) is 0 Å². The van der Waals surface area contributed by atoms with Gasteiger partial charge in [0.25, 0.3) is 5.91 Å². The highest BCUT2D eigenvalue weighted by molar-refractivity contribution is 5.94. The topological polar surface area (TPSA) is 84.5 Å². The van der Waals surface area contributed by atoms with Crippen LogP contribution >= 0.6 is 0 Å². The molecule has 0 spiro atoms. The maximum atomic E-state index is 12.7. The zero-order valence-corrected chi connectivity index (χ0v) is 16.0. The summed E-state index contributed by atoms with van der Waals surface area (Å²) in [7, 11) is 2.08. The first-order valence-electron chi connectivity index (χ1n) is 9.12. The summed E-state index contributed by atoms with van der Waals surface area (Å²) in [5.74, 6) is 0.0543. The molecule has 1 aromatic heterocycles. The number of amides is 1. The van der Waals surface area contributed by atoms with Crippen LogP contribution in [0.15, 0.2) is 24.3 Å². The molecule has 0 bridgehead atoms. The lowest BCUT2D eigenvalue weighted by molar-refractivity contribution is -0.386. The van der Waals surface area contributed by atoms with Gasteiger partial charge in [0.2, 0.25) is 0 Å². The molecule has 1 aliphatic rings. The van der Waals surface area contributed by atoms with E-state index in [2.05, 4.69) is 17.0 Å². The van der Waals surface area contributed by atoms with Crippen LogP contribution in [0.1, 0.15) is 33.7 Å². The van der Waals surface area contributed by atoms with E-state index in [-0.39, 0.29) is 11.6 Å². The molecule has 0 N–H and O–H groups in total. The SMILES string of the molecule is Cc1nn(Cc2ccc(C(=O)N3CCCN(C)CC3)cc2)c(C)c1[N+](=O)[O-]. The number of carbonyl (C=O) groups excluding carboxylic acids is 1. The quantitative estimate of drug-likeness (QED) is 0.608. The summed E-state index contributed by atoms with van der Waals surface area (Å²) < 4.78 is 1.63. The smallest absolute Gasteiger partial charge is 0.312 e. The fourth-order valence-corrected chi connectivity index (χ4v) is 3.46. The number of rotatable bonds is 4. The van der Waals surface area contributed by atoms with Gasteiger partial charge in [0.05, 0.1) is 11.5 Å². The van der Waals surface area contributed by atoms with Crippen LogP contribution in [0.25, 0.3) is 0 Å². The van der Waals surface area contributed by atoms with E-state index in [1.807, 2.05) is 29.2 Å². The first-order valence-corrected chi connectivity index (χ1v) is 9.12. The minimum absolute atomic E-state index is 0.0543. The summed E-state index contributed by atoms with van der Waals surface area (Å²) in [4.78, 5) is 27.6. The van der Waals surface area contributed by atoms with Crippen LogP contribution in [0, 0.1) is 24.0 Å². The number of hydrogen-bond donors (Lipinski definition) is 0. The Hall–Kier alpha value is -2.74. The fraction of sp³-hybridized carbons (Fsp3) is 0.474. The maximum Gasteiger partial charge on any atom is 0.312 e. The van der Waals surface area contributed by atoms with Gasteiger partial charge in [-0.2, -0.15) is 5.10 Å². The molecule has 0 radical (unpaired) electrons. The Balaban J connectivity index is 1.71. The van der Waals surface area contributed by atoms with Crippen LogP contribution in [-0.2, 0) is 6.54 Å². The molecule has 2 aromatic rings. The summed E-state index contributed by atoms with van der Waals surface area (Å²) in [6.07, 6.45) is 0.983. The molecular formula is C19H25N5O3. The van der Waals surface area contributed by atoms with Gasteiger partial charge in [-0.1, -0.05) is 12.1 Å². The van der Waals surface area contributed by atoms with E-state index in [1.54, 1.807) is 18.5 Å². The normalized spacial score (nSPS) is 15.6. The van der Waals surface area contributed by atoms with Crippen LogP contribution in [0.2, 0.25) is 0 Å². The van der Waals surface area contributed by atoms with E-state index in [0.717, 1.165) is 38.2 Å². The van der Waals surface area contributed by atoms with E-state index in [9.17, 15) is 14.9 Å². The lowest BCUT2D eigenvalue weighted by Crippen LogP contribution is -2.34. The second kappa shape index (κ2) is 7.87. The largest absolute Gasteiger partial charge is 0.337 e. The zero-order chi connectivity index (χ0) is 19.6. The summed E-state index contributed by atoms with van der Waals surface area (Å²) in [5, 5.41) is 15.4. The Morgan fingerprint density at radius 3 is 2.48 bits per heavy atom. The number of hydrogen-bond acceptors (Lipinski definition) is 5. The number of benzene rings is 1. The van der Waals surface area contributed by atoms with Crippen molar-refractivity contribution in [2.75, 3.05) is 33.2 Å². The minimum Gasteiger partial charge on any atom is -0.337 e. The molecular weight excluding hydrogens is 346 g/mol. The Bertz CT molecular complexity index is 844. The molecule has 2 heterocycles. The summed E-state index contributed by atoms with van der Waals surface area (Å²) >= 11 is 0. The lowest BCUT2D eigenvalue weighted by atomic mass is 10.1. The molecule has 0 saturated carbocycles. The molecule has 8 nitrogen and oxygen atoms in total. The van der Waals surface area contributed by atoms with Gasteiger partial charge in [-0.25, -0.2) is 0 Å². The van der Waals surface area contributed by atoms with Crippen LogP contribution in [0.3, 0.4) is 0 Å². The van der Waals surface area contributed by atoms with Crippen molar-refractivity contribution in [1.29, 1.82) is 0 Å². The molecule has 0 atom stereocenters. The van der Waals surface area contributed by atoms with Crippen LogP contribution in [0.5, 0.6) is 0 Å². The number of aromatic nitrogens is 2. The molecule has 1 saturated heterocycles. The number of carbonyl (C=O) groups is 1. The maximum absolute atomic E-state index is 12.7. The van der Waals surface area contributed by atoms with Gasteiger partial charge < -0.3 is 9.80 Å². The zero-order valence-electron chi connectivity index (χ0n) is 16.0. The molecule has 0 unspecified atom stereocenters. The number of nitrogens with zero attached hydrogens (tertiary/aromatic N) is 5.